The van der Waals surface area contributed by atoms with E-state index in [9.17, 15) is 8.42 Å². The first-order valence-electron chi connectivity index (χ1n) is 5.67. The van der Waals surface area contributed by atoms with Crippen molar-refractivity contribution < 1.29 is 8.42 Å². The van der Waals surface area contributed by atoms with E-state index in [4.69, 9.17) is 11.6 Å². The molecule has 4 nitrogen and oxygen atoms in total. The molecule has 0 amide bonds. The van der Waals surface area contributed by atoms with Crippen LogP contribution in [0.2, 0.25) is 5.02 Å². The van der Waals surface area contributed by atoms with Crippen molar-refractivity contribution in [2.24, 2.45) is 0 Å². The van der Waals surface area contributed by atoms with Crippen LogP contribution in [0.4, 0.5) is 0 Å². The Morgan fingerprint density at radius 3 is 2.26 bits per heavy atom. The minimum Gasteiger partial charge on any atom is -0.265 e. The number of aromatic nitrogens is 1. The molecule has 2 rings (SSSR count). The summed E-state index contributed by atoms with van der Waals surface area (Å²) < 4.78 is 26.9. The van der Waals surface area contributed by atoms with Gasteiger partial charge in [-0.1, -0.05) is 11.6 Å². The number of nitrogens with one attached hydrogen (secondary N) is 1. The molecule has 0 saturated carbocycles. The van der Waals surface area contributed by atoms with Gasteiger partial charge < -0.3 is 0 Å². The zero-order valence-corrected chi connectivity index (χ0v) is 11.8. The molecule has 0 aliphatic carbocycles. The standard InChI is InChI=1S/C13H13ClN2O2S/c1-10(11-6-8-15-9-7-11)16-19(17,18)13-4-2-12(14)3-5-13/h2-10,16H,1H3. The number of nitrogens with zero attached hydrogens (tertiary/aromatic N) is 1. The number of hydrogen-bond donors (Lipinski definition) is 1. The maximum atomic E-state index is 12.2. The Labute approximate surface area is 117 Å². The third-order valence-electron chi connectivity index (χ3n) is 2.66. The van der Waals surface area contributed by atoms with E-state index in [-0.39, 0.29) is 10.9 Å². The number of benzene rings is 1. The highest BCUT2D eigenvalue weighted by molar-refractivity contribution is 7.89. The van der Waals surface area contributed by atoms with Gasteiger partial charge in [0.15, 0.2) is 0 Å². The highest BCUT2D eigenvalue weighted by Gasteiger charge is 2.17. The molecule has 0 radical (unpaired) electrons. The van der Waals surface area contributed by atoms with Crippen molar-refractivity contribution in [1.29, 1.82) is 0 Å². The number of pyridine rings is 1. The molecule has 1 N–H and O–H groups in total. The molecular weight excluding hydrogens is 284 g/mol. The molecule has 6 heteroatoms. The summed E-state index contributed by atoms with van der Waals surface area (Å²) in [6, 6.07) is 9.27. The van der Waals surface area contributed by atoms with Gasteiger partial charge in [-0.25, -0.2) is 13.1 Å². The lowest BCUT2D eigenvalue weighted by molar-refractivity contribution is 0.567. The Hall–Kier alpha value is -1.43. The predicted octanol–water partition coefficient (Wildman–Crippen LogP) is 2.77. The maximum absolute atomic E-state index is 12.2. The van der Waals surface area contributed by atoms with Gasteiger partial charge in [0.05, 0.1) is 4.90 Å². The molecule has 0 aliphatic rings. The van der Waals surface area contributed by atoms with Crippen LogP contribution < -0.4 is 4.72 Å². The summed E-state index contributed by atoms with van der Waals surface area (Å²) in [6.07, 6.45) is 3.25. The van der Waals surface area contributed by atoms with Crippen molar-refractivity contribution >= 4 is 21.6 Å². The third kappa shape index (κ3) is 3.53. The largest absolute Gasteiger partial charge is 0.265 e. The van der Waals surface area contributed by atoms with E-state index in [0.717, 1.165) is 5.56 Å². The molecule has 0 bridgehead atoms. The van der Waals surface area contributed by atoms with Gasteiger partial charge in [-0.2, -0.15) is 0 Å². The van der Waals surface area contributed by atoms with Crippen LogP contribution in [0.25, 0.3) is 0 Å². The minimum absolute atomic E-state index is 0.192. The van der Waals surface area contributed by atoms with E-state index in [1.165, 1.54) is 12.1 Å². The summed E-state index contributed by atoms with van der Waals surface area (Å²) in [6.45, 7) is 1.78. The van der Waals surface area contributed by atoms with Gasteiger partial charge >= 0.3 is 0 Å². The van der Waals surface area contributed by atoms with Crippen molar-refractivity contribution in [3.8, 4) is 0 Å². The molecular formula is C13H13ClN2O2S. The second-order valence-corrected chi connectivity index (χ2v) is 6.23. The fourth-order valence-corrected chi connectivity index (χ4v) is 2.99. The van der Waals surface area contributed by atoms with Crippen LogP contribution in [0, 0.1) is 0 Å². The first kappa shape index (κ1) is 14.0. The van der Waals surface area contributed by atoms with Gasteiger partial charge in [0.1, 0.15) is 0 Å². The molecule has 1 aromatic carbocycles. The van der Waals surface area contributed by atoms with E-state index in [2.05, 4.69) is 9.71 Å². The van der Waals surface area contributed by atoms with Crippen LogP contribution in [0.1, 0.15) is 18.5 Å². The maximum Gasteiger partial charge on any atom is 0.241 e. The first-order valence-corrected chi connectivity index (χ1v) is 7.53. The summed E-state index contributed by atoms with van der Waals surface area (Å²) in [5.41, 5.74) is 0.854. The lowest BCUT2D eigenvalue weighted by atomic mass is 10.1. The molecule has 1 aromatic heterocycles. The van der Waals surface area contributed by atoms with Gasteiger partial charge in [-0.15, -0.1) is 0 Å². The SMILES string of the molecule is CC(NS(=O)(=O)c1ccc(Cl)cc1)c1ccncc1. The second-order valence-electron chi connectivity index (χ2n) is 4.08. The highest BCUT2D eigenvalue weighted by atomic mass is 35.5. The quantitative estimate of drug-likeness (QED) is 0.944. The fourth-order valence-electron chi connectivity index (χ4n) is 1.63. The van der Waals surface area contributed by atoms with Gasteiger partial charge in [-0.05, 0) is 48.9 Å². The van der Waals surface area contributed by atoms with Crippen molar-refractivity contribution in [1.82, 2.24) is 9.71 Å². The lowest BCUT2D eigenvalue weighted by Crippen LogP contribution is -2.26. The molecule has 0 spiro atoms. The molecule has 19 heavy (non-hydrogen) atoms. The summed E-state index contributed by atoms with van der Waals surface area (Å²) in [5, 5.41) is 0.501. The Kier molecular flexibility index (Phi) is 4.19. The van der Waals surface area contributed by atoms with E-state index in [1.807, 2.05) is 0 Å². The molecule has 1 unspecified atom stereocenters. The Morgan fingerprint density at radius 1 is 1.11 bits per heavy atom. The molecule has 0 aliphatic heterocycles. The molecule has 1 atom stereocenters. The molecule has 100 valence electrons. The van der Waals surface area contributed by atoms with Crippen LogP contribution in [0.15, 0.2) is 53.7 Å². The first-order chi connectivity index (χ1) is 8.99. The highest BCUT2D eigenvalue weighted by Crippen LogP contribution is 2.18. The van der Waals surface area contributed by atoms with Crippen molar-refractivity contribution in [3.63, 3.8) is 0 Å². The zero-order valence-electron chi connectivity index (χ0n) is 10.2. The van der Waals surface area contributed by atoms with Crippen LogP contribution in [-0.4, -0.2) is 13.4 Å². The van der Waals surface area contributed by atoms with Crippen LogP contribution in [-0.2, 0) is 10.0 Å². The average molecular weight is 297 g/mol. The Morgan fingerprint density at radius 2 is 1.68 bits per heavy atom. The number of halogens is 1. The molecule has 0 fully saturated rings. The Bertz CT molecular complexity index is 642. The number of sulfonamides is 1. The van der Waals surface area contributed by atoms with Crippen LogP contribution in [0.3, 0.4) is 0 Å². The van der Waals surface area contributed by atoms with Gasteiger partial charge in [0.25, 0.3) is 0 Å². The Balaban J connectivity index is 2.20. The van der Waals surface area contributed by atoms with Gasteiger partial charge in [-0.3, -0.25) is 4.98 Å². The van der Waals surface area contributed by atoms with Crippen molar-refractivity contribution in [2.75, 3.05) is 0 Å². The zero-order chi connectivity index (χ0) is 13.9. The smallest absolute Gasteiger partial charge is 0.241 e. The van der Waals surface area contributed by atoms with Gasteiger partial charge in [0.2, 0.25) is 10.0 Å². The van der Waals surface area contributed by atoms with E-state index in [1.54, 1.807) is 43.6 Å². The molecule has 0 saturated heterocycles. The number of hydrogen-bond acceptors (Lipinski definition) is 3. The van der Waals surface area contributed by atoms with E-state index < -0.39 is 10.0 Å². The second kappa shape index (κ2) is 5.69. The summed E-state index contributed by atoms with van der Waals surface area (Å²) in [4.78, 5) is 4.09. The third-order valence-corrected chi connectivity index (χ3v) is 4.47. The summed E-state index contributed by atoms with van der Waals surface area (Å²) >= 11 is 5.74. The average Bonchev–Trinajstić information content (AvgIpc) is 2.40. The summed E-state index contributed by atoms with van der Waals surface area (Å²) in [5.74, 6) is 0. The normalized spacial score (nSPS) is 13.2. The number of rotatable bonds is 4. The molecule has 2 aromatic rings. The fraction of sp³-hybridized carbons (Fsp3) is 0.154. The van der Waals surface area contributed by atoms with Gasteiger partial charge in [0, 0.05) is 23.5 Å². The predicted molar refractivity (Wildman–Crippen MR) is 74.4 cm³/mol. The van der Waals surface area contributed by atoms with Crippen LogP contribution >= 0.6 is 11.6 Å². The molecule has 1 heterocycles. The monoisotopic (exact) mass is 296 g/mol. The van der Waals surface area contributed by atoms with Crippen molar-refractivity contribution in [2.45, 2.75) is 17.9 Å². The topological polar surface area (TPSA) is 59.1 Å². The van der Waals surface area contributed by atoms with Crippen molar-refractivity contribution in [3.05, 3.63) is 59.4 Å². The lowest BCUT2D eigenvalue weighted by Gasteiger charge is -2.14. The van der Waals surface area contributed by atoms with E-state index >= 15 is 0 Å². The van der Waals surface area contributed by atoms with E-state index in [0.29, 0.717) is 5.02 Å². The van der Waals surface area contributed by atoms with Crippen LogP contribution in [0.5, 0.6) is 0 Å². The minimum atomic E-state index is -3.55. The summed E-state index contributed by atoms with van der Waals surface area (Å²) in [7, 11) is -3.55.